The van der Waals surface area contributed by atoms with Gasteiger partial charge >= 0.3 is 0 Å². The summed E-state index contributed by atoms with van der Waals surface area (Å²) in [4.78, 5) is 0. The van der Waals surface area contributed by atoms with Crippen LogP contribution in [0.1, 0.15) is 34.1 Å². The zero-order chi connectivity index (χ0) is 11.1. The van der Waals surface area contributed by atoms with Gasteiger partial charge in [-0.05, 0) is 33.2 Å². The van der Waals surface area contributed by atoms with Gasteiger partial charge in [0.2, 0.25) is 0 Å². The molecular weight excluding hydrogens is 174 g/mol. The predicted octanol–water partition coefficient (Wildman–Crippen LogP) is 2.60. The molecule has 84 valence electrons. The van der Waals surface area contributed by atoms with Crippen LogP contribution in [-0.4, -0.2) is 25.8 Å². The molecule has 14 heavy (non-hydrogen) atoms. The lowest BCUT2D eigenvalue weighted by atomic mass is 9.95. The van der Waals surface area contributed by atoms with Gasteiger partial charge < -0.3 is 10.1 Å². The second-order valence-corrected chi connectivity index (χ2v) is 4.22. The molecule has 0 aromatic heterocycles. The average molecular weight is 199 g/mol. The molecule has 0 rings (SSSR count). The fraction of sp³-hybridized carbons (Fsp3) is 0.833. The average Bonchev–Trinajstić information content (AvgIpc) is 2.10. The van der Waals surface area contributed by atoms with Crippen molar-refractivity contribution < 1.29 is 4.74 Å². The molecule has 0 aliphatic carbocycles. The van der Waals surface area contributed by atoms with E-state index in [2.05, 4.69) is 32.7 Å². The highest BCUT2D eigenvalue weighted by atomic mass is 16.5. The van der Waals surface area contributed by atoms with Crippen molar-refractivity contribution in [2.24, 2.45) is 5.92 Å². The largest absolute Gasteiger partial charge is 0.377 e. The van der Waals surface area contributed by atoms with Gasteiger partial charge in [-0.25, -0.2) is 0 Å². The minimum absolute atomic E-state index is 0.279. The van der Waals surface area contributed by atoms with Crippen molar-refractivity contribution in [1.82, 2.24) is 5.32 Å². The van der Waals surface area contributed by atoms with E-state index in [-0.39, 0.29) is 6.10 Å². The van der Waals surface area contributed by atoms with Gasteiger partial charge in [-0.3, -0.25) is 0 Å². The van der Waals surface area contributed by atoms with Crippen LogP contribution in [0.3, 0.4) is 0 Å². The van der Waals surface area contributed by atoms with E-state index in [0.717, 1.165) is 13.0 Å². The molecule has 0 fully saturated rings. The molecule has 0 aromatic rings. The Balaban J connectivity index is 4.32. The maximum absolute atomic E-state index is 5.75. The number of rotatable bonds is 7. The number of hydrogen-bond donors (Lipinski definition) is 1. The van der Waals surface area contributed by atoms with Crippen LogP contribution in [0.25, 0.3) is 0 Å². The monoisotopic (exact) mass is 199 g/mol. The Bertz CT molecular complexity index is 166. The molecule has 0 aliphatic rings. The van der Waals surface area contributed by atoms with Gasteiger partial charge in [-0.15, -0.1) is 6.58 Å². The highest BCUT2D eigenvalue weighted by Crippen LogP contribution is 2.16. The molecule has 0 spiro atoms. The zero-order valence-corrected chi connectivity index (χ0v) is 10.3. The molecule has 2 unspecified atom stereocenters. The van der Waals surface area contributed by atoms with Crippen LogP contribution in [0.4, 0.5) is 0 Å². The number of ether oxygens (including phenoxy) is 1. The summed E-state index contributed by atoms with van der Waals surface area (Å²) in [6, 6.07) is 0.382. The molecule has 0 bridgehead atoms. The van der Waals surface area contributed by atoms with E-state index < -0.39 is 0 Å². The molecule has 0 aromatic carbocycles. The molecule has 0 saturated heterocycles. The van der Waals surface area contributed by atoms with Gasteiger partial charge in [0.15, 0.2) is 0 Å². The van der Waals surface area contributed by atoms with Crippen LogP contribution < -0.4 is 5.32 Å². The number of hydrogen-bond acceptors (Lipinski definition) is 2. The smallest absolute Gasteiger partial charge is 0.0753 e. The Labute approximate surface area is 88.7 Å². The minimum atomic E-state index is 0.279. The summed E-state index contributed by atoms with van der Waals surface area (Å²) in [5.74, 6) is 0.534. The lowest BCUT2D eigenvalue weighted by molar-refractivity contribution is 0.00539. The van der Waals surface area contributed by atoms with Crippen molar-refractivity contribution in [1.29, 1.82) is 0 Å². The fourth-order valence-electron chi connectivity index (χ4n) is 1.72. The Hall–Kier alpha value is -0.340. The molecule has 2 nitrogen and oxygen atoms in total. The van der Waals surface area contributed by atoms with E-state index in [1.807, 2.05) is 14.0 Å². The molecule has 2 atom stereocenters. The van der Waals surface area contributed by atoms with Crippen LogP contribution in [-0.2, 0) is 4.74 Å². The van der Waals surface area contributed by atoms with Crippen molar-refractivity contribution in [3.8, 4) is 0 Å². The second kappa shape index (κ2) is 7.02. The van der Waals surface area contributed by atoms with E-state index in [9.17, 15) is 0 Å². The normalized spacial score (nSPS) is 15.6. The Morgan fingerprint density at radius 2 is 2.00 bits per heavy atom. The standard InChI is InChI=1S/C12H25NO/c1-7-14-12(10(4)5)11(13-6)8-9(2)3/h10-13H,2,7-8H2,1,3-6H3. The summed E-state index contributed by atoms with van der Waals surface area (Å²) < 4.78 is 5.75. The van der Waals surface area contributed by atoms with Crippen molar-refractivity contribution in [3.63, 3.8) is 0 Å². The number of likely N-dealkylation sites (N-methyl/N-ethyl adjacent to an activating group) is 1. The third kappa shape index (κ3) is 4.77. The summed E-state index contributed by atoms with van der Waals surface area (Å²) in [7, 11) is 1.99. The fourth-order valence-corrected chi connectivity index (χ4v) is 1.72. The van der Waals surface area contributed by atoms with Crippen molar-refractivity contribution in [3.05, 3.63) is 12.2 Å². The summed E-state index contributed by atoms with van der Waals surface area (Å²) in [5, 5.41) is 3.31. The quantitative estimate of drug-likeness (QED) is 0.636. The molecule has 0 saturated carbocycles. The lowest BCUT2D eigenvalue weighted by Gasteiger charge is -2.30. The van der Waals surface area contributed by atoms with Crippen molar-refractivity contribution >= 4 is 0 Å². The van der Waals surface area contributed by atoms with Crippen LogP contribution in [0.2, 0.25) is 0 Å². The Morgan fingerprint density at radius 3 is 2.29 bits per heavy atom. The highest BCUT2D eigenvalue weighted by molar-refractivity contribution is 4.95. The first-order valence-electron chi connectivity index (χ1n) is 5.46. The van der Waals surface area contributed by atoms with E-state index in [1.54, 1.807) is 0 Å². The third-order valence-corrected chi connectivity index (χ3v) is 2.35. The topological polar surface area (TPSA) is 21.3 Å². The van der Waals surface area contributed by atoms with E-state index in [4.69, 9.17) is 4.74 Å². The predicted molar refractivity (Wildman–Crippen MR) is 62.5 cm³/mol. The van der Waals surface area contributed by atoms with E-state index in [1.165, 1.54) is 5.57 Å². The molecule has 1 N–H and O–H groups in total. The van der Waals surface area contributed by atoms with Crippen molar-refractivity contribution in [2.75, 3.05) is 13.7 Å². The molecule has 2 heteroatoms. The summed E-state index contributed by atoms with van der Waals surface area (Å²) in [5.41, 5.74) is 1.20. The van der Waals surface area contributed by atoms with Crippen LogP contribution >= 0.6 is 0 Å². The summed E-state index contributed by atoms with van der Waals surface area (Å²) >= 11 is 0. The second-order valence-electron chi connectivity index (χ2n) is 4.22. The van der Waals surface area contributed by atoms with Gasteiger partial charge in [-0.2, -0.15) is 0 Å². The Morgan fingerprint density at radius 1 is 1.43 bits per heavy atom. The number of nitrogens with one attached hydrogen (secondary N) is 1. The SMILES string of the molecule is C=C(C)CC(NC)C(OCC)C(C)C. The van der Waals surface area contributed by atoms with Gasteiger partial charge in [-0.1, -0.05) is 19.4 Å². The van der Waals surface area contributed by atoms with Gasteiger partial charge in [0.1, 0.15) is 0 Å². The van der Waals surface area contributed by atoms with Crippen LogP contribution in [0.15, 0.2) is 12.2 Å². The van der Waals surface area contributed by atoms with Gasteiger partial charge in [0, 0.05) is 12.6 Å². The van der Waals surface area contributed by atoms with Crippen molar-refractivity contribution in [2.45, 2.75) is 46.3 Å². The minimum Gasteiger partial charge on any atom is -0.377 e. The molecular formula is C12H25NO. The maximum Gasteiger partial charge on any atom is 0.0753 e. The molecule has 0 aliphatic heterocycles. The first kappa shape index (κ1) is 13.7. The first-order chi connectivity index (χ1) is 6.52. The summed E-state index contributed by atoms with van der Waals surface area (Å²) in [6.45, 7) is 13.2. The van der Waals surface area contributed by atoms with Gasteiger partial charge in [0.25, 0.3) is 0 Å². The van der Waals surface area contributed by atoms with E-state index in [0.29, 0.717) is 12.0 Å². The van der Waals surface area contributed by atoms with Gasteiger partial charge in [0.05, 0.1) is 6.10 Å². The molecule has 0 radical (unpaired) electrons. The lowest BCUT2D eigenvalue weighted by Crippen LogP contribution is -2.42. The maximum atomic E-state index is 5.75. The molecule has 0 amide bonds. The van der Waals surface area contributed by atoms with Crippen LogP contribution in [0, 0.1) is 5.92 Å². The van der Waals surface area contributed by atoms with Crippen LogP contribution in [0.5, 0.6) is 0 Å². The zero-order valence-electron chi connectivity index (χ0n) is 10.3. The first-order valence-corrected chi connectivity index (χ1v) is 5.46. The Kier molecular flexibility index (Phi) is 6.85. The summed E-state index contributed by atoms with van der Waals surface area (Å²) in [6.07, 6.45) is 1.26. The highest BCUT2D eigenvalue weighted by Gasteiger charge is 2.23. The van der Waals surface area contributed by atoms with E-state index >= 15 is 0 Å². The molecule has 0 heterocycles. The third-order valence-electron chi connectivity index (χ3n) is 2.35.